The van der Waals surface area contributed by atoms with Crippen LogP contribution in [0, 0.1) is 12.7 Å². The van der Waals surface area contributed by atoms with Crippen LogP contribution in [0.5, 0.6) is 0 Å². The first-order valence-electron chi connectivity index (χ1n) is 8.32. The topological polar surface area (TPSA) is 46.4 Å². The molecule has 27 heavy (non-hydrogen) atoms. The van der Waals surface area contributed by atoms with Crippen molar-refractivity contribution in [1.29, 1.82) is 0 Å². The molecule has 0 aliphatic heterocycles. The standard InChI is InChI=1S/C21H15ClFN3O/c1-13-8-9-19-25-18(12-26(19)11-13)14-4-2-5-15(10-14)24-21(27)20-16(22)6-3-7-17(20)23/h2-12H,1H3,(H,24,27). The average molecular weight is 380 g/mol. The van der Waals surface area contributed by atoms with Crippen molar-refractivity contribution < 1.29 is 9.18 Å². The van der Waals surface area contributed by atoms with Crippen molar-refractivity contribution in [3.05, 3.63) is 89.0 Å². The third-order valence-corrected chi connectivity index (χ3v) is 4.52. The molecule has 4 nitrogen and oxygen atoms in total. The van der Waals surface area contributed by atoms with Crippen LogP contribution in [0.25, 0.3) is 16.9 Å². The Morgan fingerprint density at radius 3 is 2.74 bits per heavy atom. The van der Waals surface area contributed by atoms with Crippen LogP contribution in [0.2, 0.25) is 5.02 Å². The molecule has 0 spiro atoms. The van der Waals surface area contributed by atoms with Gasteiger partial charge >= 0.3 is 0 Å². The number of fused-ring (bicyclic) bond motifs is 1. The van der Waals surface area contributed by atoms with E-state index in [9.17, 15) is 9.18 Å². The lowest BCUT2D eigenvalue weighted by Gasteiger charge is -2.08. The Hall–Kier alpha value is -3.18. The summed E-state index contributed by atoms with van der Waals surface area (Å²) in [6.07, 6.45) is 3.93. The lowest BCUT2D eigenvalue weighted by molar-refractivity contribution is 0.102. The van der Waals surface area contributed by atoms with Crippen LogP contribution in [-0.4, -0.2) is 15.3 Å². The molecule has 0 saturated carbocycles. The van der Waals surface area contributed by atoms with Crippen LogP contribution in [0.3, 0.4) is 0 Å². The zero-order valence-corrected chi connectivity index (χ0v) is 15.2. The molecule has 2 heterocycles. The molecule has 0 fully saturated rings. The zero-order chi connectivity index (χ0) is 19.0. The van der Waals surface area contributed by atoms with Gasteiger partial charge in [-0.25, -0.2) is 9.37 Å². The van der Waals surface area contributed by atoms with Crippen molar-refractivity contribution in [2.75, 3.05) is 5.32 Å². The number of aryl methyl sites for hydroxylation is 1. The van der Waals surface area contributed by atoms with Crippen molar-refractivity contribution in [1.82, 2.24) is 9.38 Å². The fraction of sp³-hybridized carbons (Fsp3) is 0.0476. The highest BCUT2D eigenvalue weighted by Crippen LogP contribution is 2.25. The van der Waals surface area contributed by atoms with E-state index in [-0.39, 0.29) is 10.6 Å². The van der Waals surface area contributed by atoms with Crippen molar-refractivity contribution in [3.63, 3.8) is 0 Å². The Morgan fingerprint density at radius 1 is 1.11 bits per heavy atom. The van der Waals surface area contributed by atoms with Gasteiger partial charge in [0.25, 0.3) is 5.91 Å². The van der Waals surface area contributed by atoms with E-state index < -0.39 is 11.7 Å². The molecule has 0 unspecified atom stereocenters. The SMILES string of the molecule is Cc1ccc2nc(-c3cccc(NC(=O)c4c(F)cccc4Cl)c3)cn2c1. The Bertz CT molecular complexity index is 1150. The second kappa shape index (κ2) is 6.85. The van der Waals surface area contributed by atoms with Gasteiger partial charge in [-0.05, 0) is 42.8 Å². The summed E-state index contributed by atoms with van der Waals surface area (Å²) in [6.45, 7) is 2.02. The molecule has 4 rings (SSSR count). The number of benzene rings is 2. The number of aromatic nitrogens is 2. The third kappa shape index (κ3) is 3.41. The molecule has 1 N–H and O–H groups in total. The van der Waals surface area contributed by atoms with Gasteiger partial charge in [0.2, 0.25) is 0 Å². The number of rotatable bonds is 3. The molecular weight excluding hydrogens is 365 g/mol. The number of hydrogen-bond donors (Lipinski definition) is 1. The van der Waals surface area contributed by atoms with Crippen LogP contribution in [0.15, 0.2) is 67.0 Å². The number of pyridine rings is 1. The summed E-state index contributed by atoms with van der Waals surface area (Å²) in [4.78, 5) is 17.0. The van der Waals surface area contributed by atoms with Gasteiger partial charge in [0.1, 0.15) is 11.5 Å². The quantitative estimate of drug-likeness (QED) is 0.521. The summed E-state index contributed by atoms with van der Waals surface area (Å²) in [5, 5.41) is 2.76. The highest BCUT2D eigenvalue weighted by atomic mass is 35.5. The molecule has 0 aliphatic carbocycles. The number of halogens is 2. The highest BCUT2D eigenvalue weighted by molar-refractivity contribution is 6.34. The Labute approximate surface area is 160 Å². The molecule has 1 amide bonds. The van der Waals surface area contributed by atoms with Crippen LogP contribution >= 0.6 is 11.6 Å². The molecule has 0 saturated heterocycles. The lowest BCUT2D eigenvalue weighted by atomic mass is 10.1. The summed E-state index contributed by atoms with van der Waals surface area (Å²) < 4.78 is 15.9. The minimum Gasteiger partial charge on any atom is -0.322 e. The number of nitrogens with one attached hydrogen (secondary N) is 1. The molecule has 0 aliphatic rings. The van der Waals surface area contributed by atoms with Crippen LogP contribution in [-0.2, 0) is 0 Å². The number of nitrogens with zero attached hydrogens (tertiary/aromatic N) is 2. The fourth-order valence-electron chi connectivity index (χ4n) is 2.91. The van der Waals surface area contributed by atoms with E-state index in [0.29, 0.717) is 5.69 Å². The van der Waals surface area contributed by atoms with Gasteiger partial charge in [0.05, 0.1) is 16.3 Å². The summed E-state index contributed by atoms with van der Waals surface area (Å²) in [7, 11) is 0. The maximum Gasteiger partial charge on any atom is 0.260 e. The highest BCUT2D eigenvalue weighted by Gasteiger charge is 2.16. The fourth-order valence-corrected chi connectivity index (χ4v) is 3.16. The first-order chi connectivity index (χ1) is 13.0. The normalized spacial score (nSPS) is 10.9. The van der Waals surface area contributed by atoms with Gasteiger partial charge in [-0.1, -0.05) is 35.9 Å². The molecule has 6 heteroatoms. The zero-order valence-electron chi connectivity index (χ0n) is 14.4. The first-order valence-corrected chi connectivity index (χ1v) is 8.70. The summed E-state index contributed by atoms with van der Waals surface area (Å²) >= 11 is 5.96. The van der Waals surface area contributed by atoms with Gasteiger partial charge in [0.15, 0.2) is 0 Å². The van der Waals surface area contributed by atoms with Gasteiger partial charge < -0.3 is 9.72 Å². The van der Waals surface area contributed by atoms with Gasteiger partial charge in [-0.15, -0.1) is 0 Å². The van der Waals surface area contributed by atoms with Gasteiger partial charge in [0, 0.05) is 23.6 Å². The predicted molar refractivity (Wildman–Crippen MR) is 105 cm³/mol. The second-order valence-electron chi connectivity index (χ2n) is 6.23. The molecule has 2 aromatic heterocycles. The van der Waals surface area contributed by atoms with Crippen molar-refractivity contribution in [3.8, 4) is 11.3 Å². The van der Waals surface area contributed by atoms with E-state index in [1.165, 1.54) is 18.2 Å². The van der Waals surface area contributed by atoms with Gasteiger partial charge in [-0.2, -0.15) is 0 Å². The molecule has 0 bridgehead atoms. The van der Waals surface area contributed by atoms with E-state index in [2.05, 4.69) is 10.3 Å². The number of imidazole rings is 1. The van der Waals surface area contributed by atoms with E-state index in [1.807, 2.05) is 48.0 Å². The maximum atomic E-state index is 13.9. The second-order valence-corrected chi connectivity index (χ2v) is 6.64. The van der Waals surface area contributed by atoms with Crippen molar-refractivity contribution in [2.45, 2.75) is 6.92 Å². The molecule has 134 valence electrons. The first kappa shape index (κ1) is 17.2. The summed E-state index contributed by atoms with van der Waals surface area (Å²) in [5.74, 6) is -1.26. The van der Waals surface area contributed by atoms with Crippen molar-refractivity contribution in [2.24, 2.45) is 0 Å². The van der Waals surface area contributed by atoms with E-state index in [1.54, 1.807) is 12.1 Å². The largest absolute Gasteiger partial charge is 0.322 e. The number of carbonyl (C=O) groups is 1. The number of anilines is 1. The van der Waals surface area contributed by atoms with Crippen LogP contribution < -0.4 is 5.32 Å². The predicted octanol–water partition coefficient (Wildman–Crippen LogP) is 5.35. The number of carbonyl (C=O) groups excluding carboxylic acids is 1. The van der Waals surface area contributed by atoms with Crippen LogP contribution in [0.4, 0.5) is 10.1 Å². The average Bonchev–Trinajstić information content (AvgIpc) is 3.05. The molecular formula is C21H15ClFN3O. The summed E-state index contributed by atoms with van der Waals surface area (Å²) in [6, 6.07) is 15.3. The monoisotopic (exact) mass is 379 g/mol. The lowest BCUT2D eigenvalue weighted by Crippen LogP contribution is -2.14. The van der Waals surface area contributed by atoms with Gasteiger partial charge in [-0.3, -0.25) is 4.79 Å². The van der Waals surface area contributed by atoms with Crippen molar-refractivity contribution >= 4 is 28.8 Å². The van der Waals surface area contributed by atoms with E-state index in [0.717, 1.165) is 22.5 Å². The minimum atomic E-state index is -0.660. The third-order valence-electron chi connectivity index (χ3n) is 4.20. The van der Waals surface area contributed by atoms with Crippen LogP contribution in [0.1, 0.15) is 15.9 Å². The maximum absolute atomic E-state index is 13.9. The molecule has 0 radical (unpaired) electrons. The Balaban J connectivity index is 1.65. The molecule has 2 aromatic carbocycles. The minimum absolute atomic E-state index is 0.0689. The number of amides is 1. The molecule has 0 atom stereocenters. The van der Waals surface area contributed by atoms with E-state index in [4.69, 9.17) is 11.6 Å². The van der Waals surface area contributed by atoms with E-state index >= 15 is 0 Å². The molecule has 4 aromatic rings. The Morgan fingerprint density at radius 2 is 1.93 bits per heavy atom. The smallest absolute Gasteiger partial charge is 0.260 e. The Kier molecular flexibility index (Phi) is 4.38. The number of hydrogen-bond acceptors (Lipinski definition) is 2. The summed E-state index contributed by atoms with van der Waals surface area (Å²) in [5.41, 5.74) is 3.95.